The fourth-order valence-electron chi connectivity index (χ4n) is 0.955. The lowest BCUT2D eigenvalue weighted by Gasteiger charge is -2.04. The number of methoxy groups -OCH3 is 2. The lowest BCUT2D eigenvalue weighted by molar-refractivity contribution is 0.0593. The molecule has 14 heavy (non-hydrogen) atoms. The quantitative estimate of drug-likeness (QED) is 0.613. The fourth-order valence-corrected chi connectivity index (χ4v) is 1.24. The van der Waals surface area contributed by atoms with E-state index >= 15 is 0 Å². The molecule has 1 aromatic rings. The number of carbonyl (C=O) groups excluding carboxylic acids is 1. The molecule has 0 unspecified atom stereocenters. The molecule has 0 atom stereocenters. The van der Waals surface area contributed by atoms with E-state index in [4.69, 9.17) is 4.74 Å². The van der Waals surface area contributed by atoms with Crippen molar-refractivity contribution in [2.75, 3.05) is 14.2 Å². The van der Waals surface area contributed by atoms with Crippen molar-refractivity contribution in [3.8, 4) is 5.75 Å². The predicted molar refractivity (Wildman–Crippen MR) is 54.8 cm³/mol. The van der Waals surface area contributed by atoms with Crippen LogP contribution in [0.1, 0.15) is 16.2 Å². The van der Waals surface area contributed by atoms with E-state index in [1.807, 2.05) is 0 Å². The largest absolute Gasteiger partial charge is 0.497 e. The van der Waals surface area contributed by atoms with Crippen LogP contribution in [0.2, 0.25) is 0 Å². The second-order valence-corrected chi connectivity index (χ2v) is 3.07. The molecule has 0 radical (unpaired) electrons. The molecule has 0 amide bonds. The third-order valence-corrected chi connectivity index (χ3v) is 2.19. The van der Waals surface area contributed by atoms with Crippen molar-refractivity contribution >= 4 is 21.9 Å². The Morgan fingerprint density at radius 1 is 1.50 bits per heavy atom. The Hall–Kier alpha value is -1.10. The van der Waals surface area contributed by atoms with Gasteiger partial charge in [0.25, 0.3) is 0 Å². The molecule has 0 bridgehead atoms. The van der Waals surface area contributed by atoms with Gasteiger partial charge in [-0.15, -0.1) is 0 Å². The number of rotatable bonds is 3. The van der Waals surface area contributed by atoms with Crippen LogP contribution in [0.4, 0.5) is 0 Å². The number of carbonyl (C=O) groups is 1. The second-order valence-electron chi connectivity index (χ2n) is 2.51. The van der Waals surface area contributed by atoms with Gasteiger partial charge < -0.3 is 9.47 Å². The van der Waals surface area contributed by atoms with Crippen molar-refractivity contribution in [1.82, 2.24) is 4.98 Å². The average Bonchev–Trinajstić information content (AvgIpc) is 2.27. The Bertz CT molecular complexity index is 319. The van der Waals surface area contributed by atoms with E-state index in [-0.39, 0.29) is 5.69 Å². The zero-order valence-corrected chi connectivity index (χ0v) is 9.50. The van der Waals surface area contributed by atoms with Crippen LogP contribution in [0.5, 0.6) is 5.75 Å². The molecular formula is C9H10BrNO3. The van der Waals surface area contributed by atoms with Gasteiger partial charge in [-0.05, 0) is 0 Å². The Morgan fingerprint density at radius 3 is 2.71 bits per heavy atom. The molecular weight excluding hydrogens is 250 g/mol. The first-order valence-corrected chi connectivity index (χ1v) is 5.02. The van der Waals surface area contributed by atoms with E-state index in [1.165, 1.54) is 20.3 Å². The van der Waals surface area contributed by atoms with E-state index in [2.05, 4.69) is 25.7 Å². The van der Waals surface area contributed by atoms with E-state index in [0.717, 1.165) is 5.69 Å². The standard InChI is InChI=1S/C9H10BrNO3/c1-13-7-3-6(5-10)11-8(4-7)9(12)14-2/h3-4H,5H2,1-2H3. The summed E-state index contributed by atoms with van der Waals surface area (Å²) in [5, 5.41) is 0.564. The fraction of sp³-hybridized carbons (Fsp3) is 0.333. The summed E-state index contributed by atoms with van der Waals surface area (Å²) in [5.74, 6) is 0.126. The van der Waals surface area contributed by atoms with Gasteiger partial charge in [-0.25, -0.2) is 9.78 Å². The van der Waals surface area contributed by atoms with Gasteiger partial charge in [0.2, 0.25) is 0 Å². The molecule has 0 N–H and O–H groups in total. The van der Waals surface area contributed by atoms with Gasteiger partial charge in [0.05, 0.1) is 19.9 Å². The van der Waals surface area contributed by atoms with Crippen molar-refractivity contribution in [2.45, 2.75) is 5.33 Å². The number of esters is 1. The molecule has 0 aromatic carbocycles. The maximum absolute atomic E-state index is 11.2. The molecule has 0 saturated carbocycles. The van der Waals surface area contributed by atoms with Crippen LogP contribution in [0.25, 0.3) is 0 Å². The van der Waals surface area contributed by atoms with Gasteiger partial charge in [0.1, 0.15) is 5.75 Å². The van der Waals surface area contributed by atoms with E-state index in [9.17, 15) is 4.79 Å². The molecule has 0 saturated heterocycles. The van der Waals surface area contributed by atoms with Gasteiger partial charge in [-0.2, -0.15) is 0 Å². The zero-order valence-electron chi connectivity index (χ0n) is 7.91. The highest BCUT2D eigenvalue weighted by Gasteiger charge is 2.10. The summed E-state index contributed by atoms with van der Waals surface area (Å²) in [4.78, 5) is 15.3. The van der Waals surface area contributed by atoms with Gasteiger partial charge in [0.15, 0.2) is 5.69 Å². The highest BCUT2D eigenvalue weighted by atomic mass is 79.9. The first-order valence-electron chi connectivity index (χ1n) is 3.90. The number of pyridine rings is 1. The molecule has 0 aliphatic rings. The van der Waals surface area contributed by atoms with E-state index in [0.29, 0.717) is 11.1 Å². The molecule has 0 fully saturated rings. The first-order chi connectivity index (χ1) is 6.71. The van der Waals surface area contributed by atoms with E-state index in [1.54, 1.807) is 6.07 Å². The minimum Gasteiger partial charge on any atom is -0.497 e. The molecule has 1 aromatic heterocycles. The molecule has 5 heteroatoms. The molecule has 76 valence electrons. The summed E-state index contributed by atoms with van der Waals surface area (Å²) >= 11 is 3.26. The van der Waals surface area contributed by atoms with Crippen LogP contribution < -0.4 is 4.74 Å². The van der Waals surface area contributed by atoms with Crippen LogP contribution in [0.15, 0.2) is 12.1 Å². The summed E-state index contributed by atoms with van der Waals surface area (Å²) in [7, 11) is 2.85. The molecule has 0 aliphatic heterocycles. The SMILES string of the molecule is COC(=O)c1cc(OC)cc(CBr)n1. The Balaban J connectivity index is 3.10. The summed E-state index contributed by atoms with van der Waals surface area (Å²) in [6.45, 7) is 0. The third-order valence-electron chi connectivity index (χ3n) is 1.62. The highest BCUT2D eigenvalue weighted by molar-refractivity contribution is 9.08. The van der Waals surface area contributed by atoms with Crippen LogP contribution in [0, 0.1) is 0 Å². The average molecular weight is 260 g/mol. The minimum atomic E-state index is -0.467. The Labute approximate surface area is 90.4 Å². The molecule has 1 heterocycles. The number of hydrogen-bond donors (Lipinski definition) is 0. The Kier molecular flexibility index (Phi) is 3.88. The zero-order chi connectivity index (χ0) is 10.6. The van der Waals surface area contributed by atoms with E-state index < -0.39 is 5.97 Å². The topological polar surface area (TPSA) is 48.4 Å². The van der Waals surface area contributed by atoms with Gasteiger partial charge in [0, 0.05) is 17.5 Å². The van der Waals surface area contributed by atoms with Gasteiger partial charge >= 0.3 is 5.97 Å². The highest BCUT2D eigenvalue weighted by Crippen LogP contribution is 2.16. The van der Waals surface area contributed by atoms with Crippen molar-refractivity contribution in [2.24, 2.45) is 0 Å². The number of aromatic nitrogens is 1. The van der Waals surface area contributed by atoms with Crippen LogP contribution >= 0.6 is 15.9 Å². The minimum absolute atomic E-state index is 0.251. The summed E-state index contributed by atoms with van der Waals surface area (Å²) < 4.78 is 9.59. The molecule has 1 rings (SSSR count). The number of alkyl halides is 1. The monoisotopic (exact) mass is 259 g/mol. The maximum atomic E-state index is 11.2. The number of nitrogens with zero attached hydrogens (tertiary/aromatic N) is 1. The van der Waals surface area contributed by atoms with Crippen molar-refractivity contribution < 1.29 is 14.3 Å². The second kappa shape index (κ2) is 4.95. The van der Waals surface area contributed by atoms with Crippen molar-refractivity contribution in [3.63, 3.8) is 0 Å². The molecule has 4 nitrogen and oxygen atoms in total. The van der Waals surface area contributed by atoms with Gasteiger partial charge in [-0.3, -0.25) is 0 Å². The third kappa shape index (κ3) is 2.45. The predicted octanol–water partition coefficient (Wildman–Crippen LogP) is 1.77. The van der Waals surface area contributed by atoms with Crippen molar-refractivity contribution in [1.29, 1.82) is 0 Å². The van der Waals surface area contributed by atoms with Crippen LogP contribution in [-0.4, -0.2) is 25.2 Å². The van der Waals surface area contributed by atoms with Crippen molar-refractivity contribution in [3.05, 3.63) is 23.5 Å². The number of halogens is 1. The van der Waals surface area contributed by atoms with Gasteiger partial charge in [-0.1, -0.05) is 15.9 Å². The molecule has 0 spiro atoms. The smallest absolute Gasteiger partial charge is 0.356 e. The first kappa shape index (κ1) is 11.0. The summed E-state index contributed by atoms with van der Waals surface area (Å²) in [5.41, 5.74) is 0.978. The number of ether oxygens (including phenoxy) is 2. The summed E-state index contributed by atoms with van der Waals surface area (Å²) in [6, 6.07) is 3.29. The van der Waals surface area contributed by atoms with Crippen LogP contribution in [-0.2, 0) is 10.1 Å². The lowest BCUT2D eigenvalue weighted by Crippen LogP contribution is -2.06. The maximum Gasteiger partial charge on any atom is 0.356 e. The Morgan fingerprint density at radius 2 is 2.21 bits per heavy atom. The summed E-state index contributed by atoms with van der Waals surface area (Å²) in [6.07, 6.45) is 0. The van der Waals surface area contributed by atoms with Crippen LogP contribution in [0.3, 0.4) is 0 Å². The number of hydrogen-bond acceptors (Lipinski definition) is 4. The molecule has 0 aliphatic carbocycles. The lowest BCUT2D eigenvalue weighted by atomic mass is 10.3. The normalized spacial score (nSPS) is 9.64.